The van der Waals surface area contributed by atoms with Gasteiger partial charge in [-0.3, -0.25) is 0 Å². The van der Waals surface area contributed by atoms with Gasteiger partial charge in [0.15, 0.2) is 0 Å². The lowest BCUT2D eigenvalue weighted by molar-refractivity contribution is 0.0696. The molecule has 0 bridgehead atoms. The zero-order chi connectivity index (χ0) is 10.4. The molecule has 1 aromatic rings. The summed E-state index contributed by atoms with van der Waals surface area (Å²) in [5.41, 5.74) is 0.209. The first kappa shape index (κ1) is 10.8. The van der Waals surface area contributed by atoms with E-state index in [-0.39, 0.29) is 5.56 Å². The second kappa shape index (κ2) is 5.49. The third-order valence-electron chi connectivity index (χ3n) is 1.62. The van der Waals surface area contributed by atoms with E-state index < -0.39 is 5.97 Å². The molecule has 5 heteroatoms. The lowest BCUT2D eigenvalue weighted by Gasteiger charge is -2.03. The highest BCUT2D eigenvalue weighted by molar-refractivity contribution is 7.98. The monoisotopic (exact) mass is 212 g/mol. The molecule has 1 aromatic heterocycles. The van der Waals surface area contributed by atoms with Crippen molar-refractivity contribution in [2.45, 2.75) is 0 Å². The summed E-state index contributed by atoms with van der Waals surface area (Å²) in [4.78, 5) is 14.5. The van der Waals surface area contributed by atoms with Crippen LogP contribution in [-0.4, -0.2) is 34.6 Å². The van der Waals surface area contributed by atoms with Gasteiger partial charge in [0.05, 0.1) is 5.56 Å². The maximum Gasteiger partial charge on any atom is 0.337 e. The predicted octanol–water partition coefficient (Wildman–Crippen LogP) is 1.55. The highest BCUT2D eigenvalue weighted by Gasteiger charge is 2.01. The van der Waals surface area contributed by atoms with Gasteiger partial charge in [-0.05, 0) is 18.4 Å². The molecule has 0 radical (unpaired) electrons. The first-order valence-corrected chi connectivity index (χ1v) is 5.55. The highest BCUT2D eigenvalue weighted by Crippen LogP contribution is 2.04. The molecule has 0 aliphatic rings. The Morgan fingerprint density at radius 1 is 1.64 bits per heavy atom. The van der Waals surface area contributed by atoms with Crippen molar-refractivity contribution in [3.05, 3.63) is 23.9 Å². The minimum Gasteiger partial charge on any atom is -0.478 e. The van der Waals surface area contributed by atoms with Crippen molar-refractivity contribution in [1.29, 1.82) is 0 Å². The number of nitrogens with one attached hydrogen (secondary N) is 1. The molecule has 4 nitrogen and oxygen atoms in total. The number of hydrogen-bond acceptors (Lipinski definition) is 4. The molecule has 0 fully saturated rings. The molecule has 14 heavy (non-hydrogen) atoms. The van der Waals surface area contributed by atoms with Crippen molar-refractivity contribution < 1.29 is 9.90 Å². The average molecular weight is 212 g/mol. The van der Waals surface area contributed by atoms with Crippen molar-refractivity contribution in [1.82, 2.24) is 4.98 Å². The van der Waals surface area contributed by atoms with Crippen molar-refractivity contribution in [2.75, 3.05) is 23.9 Å². The van der Waals surface area contributed by atoms with Gasteiger partial charge in [0, 0.05) is 18.5 Å². The Labute approximate surface area is 86.7 Å². The molecule has 0 unspecified atom stereocenters. The maximum atomic E-state index is 10.5. The molecule has 1 rings (SSSR count). The molecule has 76 valence electrons. The Morgan fingerprint density at radius 2 is 2.43 bits per heavy atom. The smallest absolute Gasteiger partial charge is 0.337 e. The van der Waals surface area contributed by atoms with Crippen LogP contribution in [0.4, 0.5) is 5.82 Å². The first-order chi connectivity index (χ1) is 6.74. The van der Waals surface area contributed by atoms with Gasteiger partial charge in [0.2, 0.25) is 0 Å². The van der Waals surface area contributed by atoms with E-state index in [2.05, 4.69) is 10.3 Å². The van der Waals surface area contributed by atoms with E-state index >= 15 is 0 Å². The van der Waals surface area contributed by atoms with Gasteiger partial charge in [0.25, 0.3) is 0 Å². The van der Waals surface area contributed by atoms with Crippen LogP contribution in [0.25, 0.3) is 0 Å². The van der Waals surface area contributed by atoms with Gasteiger partial charge in [0.1, 0.15) is 5.82 Å². The molecule has 0 amide bonds. The first-order valence-electron chi connectivity index (χ1n) is 4.16. The number of aromatic nitrogens is 1. The van der Waals surface area contributed by atoms with Crippen LogP contribution in [-0.2, 0) is 0 Å². The molecular formula is C9H12N2O2S. The van der Waals surface area contributed by atoms with Crippen molar-refractivity contribution in [3.63, 3.8) is 0 Å². The molecule has 0 aromatic carbocycles. The Hall–Kier alpha value is -1.23. The molecule has 0 saturated carbocycles. The number of rotatable bonds is 5. The minimum atomic E-state index is -0.951. The number of thioether (sulfide) groups is 1. The van der Waals surface area contributed by atoms with Crippen LogP contribution in [0.2, 0.25) is 0 Å². The second-order valence-electron chi connectivity index (χ2n) is 2.66. The van der Waals surface area contributed by atoms with Crippen LogP contribution >= 0.6 is 11.8 Å². The molecule has 1 heterocycles. The number of anilines is 1. The molecule has 0 aliphatic carbocycles. The Morgan fingerprint density at radius 3 is 2.93 bits per heavy atom. The number of aromatic carboxylic acids is 1. The van der Waals surface area contributed by atoms with E-state index in [1.807, 2.05) is 6.26 Å². The number of carboxylic acid groups (broad SMARTS) is 1. The van der Waals surface area contributed by atoms with Crippen molar-refractivity contribution in [3.8, 4) is 0 Å². The third kappa shape index (κ3) is 3.26. The van der Waals surface area contributed by atoms with Gasteiger partial charge in [-0.15, -0.1) is 0 Å². The van der Waals surface area contributed by atoms with E-state index in [1.165, 1.54) is 12.3 Å². The molecular weight excluding hydrogens is 200 g/mol. The minimum absolute atomic E-state index is 0.209. The Bertz CT molecular complexity index is 300. The van der Waals surface area contributed by atoms with E-state index in [0.29, 0.717) is 5.82 Å². The summed E-state index contributed by atoms with van der Waals surface area (Å²) < 4.78 is 0. The largest absolute Gasteiger partial charge is 0.478 e. The van der Waals surface area contributed by atoms with Crippen LogP contribution < -0.4 is 5.32 Å². The number of carboxylic acids is 1. The highest BCUT2D eigenvalue weighted by atomic mass is 32.2. The molecule has 0 saturated heterocycles. The Kier molecular flexibility index (Phi) is 4.25. The van der Waals surface area contributed by atoms with E-state index in [9.17, 15) is 4.79 Å². The van der Waals surface area contributed by atoms with E-state index in [1.54, 1.807) is 17.8 Å². The summed E-state index contributed by atoms with van der Waals surface area (Å²) in [7, 11) is 0. The predicted molar refractivity (Wildman–Crippen MR) is 58.1 cm³/mol. The normalized spacial score (nSPS) is 9.79. The van der Waals surface area contributed by atoms with E-state index in [0.717, 1.165) is 12.3 Å². The van der Waals surface area contributed by atoms with Crippen LogP contribution in [0, 0.1) is 0 Å². The summed E-state index contributed by atoms with van der Waals surface area (Å²) in [5, 5.41) is 11.7. The number of nitrogens with zero attached hydrogens (tertiary/aromatic N) is 1. The SMILES string of the molecule is CSCCNc1ccc(C(=O)O)cn1. The number of carbonyl (C=O) groups is 1. The topological polar surface area (TPSA) is 62.2 Å². The van der Waals surface area contributed by atoms with Gasteiger partial charge in [-0.1, -0.05) is 0 Å². The Balaban J connectivity index is 2.51. The fourth-order valence-corrected chi connectivity index (χ4v) is 1.21. The molecule has 2 N–H and O–H groups in total. The molecule has 0 aliphatic heterocycles. The van der Waals surface area contributed by atoms with Gasteiger partial charge in [-0.2, -0.15) is 11.8 Å². The van der Waals surface area contributed by atoms with Crippen molar-refractivity contribution in [2.24, 2.45) is 0 Å². The average Bonchev–Trinajstić information content (AvgIpc) is 2.19. The summed E-state index contributed by atoms with van der Waals surface area (Å²) in [5.74, 6) is 0.764. The summed E-state index contributed by atoms with van der Waals surface area (Å²) in [6.45, 7) is 0.834. The second-order valence-corrected chi connectivity index (χ2v) is 3.64. The van der Waals surface area contributed by atoms with Crippen molar-refractivity contribution >= 4 is 23.5 Å². The summed E-state index contributed by atoms with van der Waals surface area (Å²) in [6.07, 6.45) is 3.38. The van der Waals surface area contributed by atoms with Crippen LogP contribution in [0.3, 0.4) is 0 Å². The molecule has 0 atom stereocenters. The standard InChI is InChI=1S/C9H12N2O2S/c1-14-5-4-10-8-3-2-7(6-11-8)9(12)13/h2-3,6H,4-5H2,1H3,(H,10,11)(H,12,13). The zero-order valence-corrected chi connectivity index (χ0v) is 8.67. The number of pyridine rings is 1. The van der Waals surface area contributed by atoms with Gasteiger partial charge >= 0.3 is 5.97 Å². The van der Waals surface area contributed by atoms with E-state index in [4.69, 9.17) is 5.11 Å². The number of hydrogen-bond donors (Lipinski definition) is 2. The molecule has 0 spiro atoms. The van der Waals surface area contributed by atoms with Crippen LogP contribution in [0.1, 0.15) is 10.4 Å². The quantitative estimate of drug-likeness (QED) is 0.725. The van der Waals surface area contributed by atoms with Crippen LogP contribution in [0.5, 0.6) is 0 Å². The maximum absolute atomic E-state index is 10.5. The zero-order valence-electron chi connectivity index (χ0n) is 7.86. The van der Waals surface area contributed by atoms with Gasteiger partial charge in [-0.25, -0.2) is 9.78 Å². The third-order valence-corrected chi connectivity index (χ3v) is 2.24. The lowest BCUT2D eigenvalue weighted by atomic mass is 10.3. The lowest BCUT2D eigenvalue weighted by Crippen LogP contribution is -2.06. The fourth-order valence-electron chi connectivity index (χ4n) is 0.906. The fraction of sp³-hybridized carbons (Fsp3) is 0.333. The van der Waals surface area contributed by atoms with Gasteiger partial charge < -0.3 is 10.4 Å². The summed E-state index contributed by atoms with van der Waals surface area (Å²) in [6, 6.07) is 3.21. The summed E-state index contributed by atoms with van der Waals surface area (Å²) >= 11 is 1.74. The van der Waals surface area contributed by atoms with Crippen LogP contribution in [0.15, 0.2) is 18.3 Å².